The van der Waals surface area contributed by atoms with E-state index in [4.69, 9.17) is 4.52 Å². The molecule has 0 aliphatic heterocycles. The molecule has 0 atom stereocenters. The van der Waals surface area contributed by atoms with Gasteiger partial charge in [-0.2, -0.15) is 4.98 Å². The zero-order valence-electron chi connectivity index (χ0n) is 15.6. The summed E-state index contributed by atoms with van der Waals surface area (Å²) < 4.78 is 5.27. The Hall–Kier alpha value is -1.89. The monoisotopic (exact) mass is 363 g/mol. The summed E-state index contributed by atoms with van der Waals surface area (Å²) in [6.07, 6.45) is 2.78. The van der Waals surface area contributed by atoms with Gasteiger partial charge in [-0.15, -0.1) is 11.3 Å². The molecule has 0 saturated heterocycles. The molecule has 25 heavy (non-hydrogen) atoms. The van der Waals surface area contributed by atoms with E-state index < -0.39 is 0 Å². The molecule has 2 rings (SSSR count). The molecule has 0 radical (unpaired) electrons. The number of nitrogens with one attached hydrogen (secondary N) is 2. The lowest BCUT2D eigenvalue weighted by atomic mass is 10.2. The van der Waals surface area contributed by atoms with Gasteiger partial charge in [0.05, 0.1) is 6.54 Å². The number of rotatable bonds is 9. The Morgan fingerprint density at radius 1 is 1.24 bits per heavy atom. The molecule has 0 spiro atoms. The van der Waals surface area contributed by atoms with Crippen LogP contribution in [0.25, 0.3) is 0 Å². The van der Waals surface area contributed by atoms with E-state index in [0.29, 0.717) is 18.4 Å². The fraction of sp³-hybridized carbons (Fsp3) is 0.611. The van der Waals surface area contributed by atoms with Crippen molar-refractivity contribution in [3.8, 4) is 0 Å². The van der Waals surface area contributed by atoms with E-state index in [0.717, 1.165) is 44.1 Å². The maximum absolute atomic E-state index is 5.27. The highest BCUT2D eigenvalue weighted by Crippen LogP contribution is 2.17. The van der Waals surface area contributed by atoms with Gasteiger partial charge in [-0.3, -0.25) is 0 Å². The molecule has 0 aliphatic rings. The van der Waals surface area contributed by atoms with Gasteiger partial charge >= 0.3 is 0 Å². The molecule has 2 aromatic heterocycles. The Labute approximate surface area is 154 Å². The average molecular weight is 364 g/mol. The normalized spacial score (nSPS) is 12.0. The summed E-state index contributed by atoms with van der Waals surface area (Å²) in [5.74, 6) is 2.63. The largest absolute Gasteiger partial charge is 0.357 e. The Kier molecular flexibility index (Phi) is 7.91. The number of nitrogens with zero attached hydrogens (tertiary/aromatic N) is 3. The lowest BCUT2D eigenvalue weighted by molar-refractivity contribution is 0.368. The van der Waals surface area contributed by atoms with Gasteiger partial charge in [-0.25, -0.2) is 4.99 Å². The second-order valence-corrected chi connectivity index (χ2v) is 7.40. The van der Waals surface area contributed by atoms with Crippen LogP contribution >= 0.6 is 11.3 Å². The van der Waals surface area contributed by atoms with Crippen LogP contribution < -0.4 is 10.6 Å². The van der Waals surface area contributed by atoms with Crippen molar-refractivity contribution in [2.24, 2.45) is 4.99 Å². The summed E-state index contributed by atoms with van der Waals surface area (Å²) in [4.78, 5) is 11.8. The maximum atomic E-state index is 5.27. The minimum absolute atomic E-state index is 0.300. The lowest BCUT2D eigenvalue weighted by Crippen LogP contribution is -2.37. The minimum atomic E-state index is 0.300. The number of aliphatic imine (C=N–C) groups is 1. The fourth-order valence-corrected chi connectivity index (χ4v) is 3.13. The summed E-state index contributed by atoms with van der Waals surface area (Å²) in [5.41, 5.74) is 0. The third kappa shape index (κ3) is 6.49. The van der Waals surface area contributed by atoms with Gasteiger partial charge < -0.3 is 15.2 Å². The van der Waals surface area contributed by atoms with Gasteiger partial charge in [0.2, 0.25) is 5.89 Å². The molecule has 0 amide bonds. The molecule has 7 heteroatoms. The van der Waals surface area contributed by atoms with Crippen LogP contribution in [0.2, 0.25) is 0 Å². The predicted octanol–water partition coefficient (Wildman–Crippen LogP) is 3.50. The minimum Gasteiger partial charge on any atom is -0.357 e. The van der Waals surface area contributed by atoms with Crippen molar-refractivity contribution in [3.05, 3.63) is 33.6 Å². The van der Waals surface area contributed by atoms with E-state index in [1.165, 1.54) is 9.75 Å². The van der Waals surface area contributed by atoms with Crippen LogP contribution in [0.1, 0.15) is 61.5 Å². The summed E-state index contributed by atoms with van der Waals surface area (Å²) in [5, 5.41) is 10.6. The number of guanidine groups is 1. The molecule has 2 N–H and O–H groups in total. The van der Waals surface area contributed by atoms with Crippen LogP contribution in [-0.2, 0) is 19.4 Å². The summed E-state index contributed by atoms with van der Waals surface area (Å²) in [7, 11) is 0. The van der Waals surface area contributed by atoms with Crippen molar-refractivity contribution in [1.82, 2.24) is 20.8 Å². The smallest absolute Gasteiger partial charge is 0.226 e. The molecule has 0 bridgehead atoms. The molecule has 138 valence electrons. The van der Waals surface area contributed by atoms with Crippen LogP contribution in [0.15, 0.2) is 21.6 Å². The molecular formula is C18H29N5OS. The van der Waals surface area contributed by atoms with E-state index >= 15 is 0 Å². The summed E-state index contributed by atoms with van der Waals surface area (Å²) in [6.45, 7) is 10.7. The highest BCUT2D eigenvalue weighted by atomic mass is 32.1. The van der Waals surface area contributed by atoms with Crippen molar-refractivity contribution in [1.29, 1.82) is 0 Å². The van der Waals surface area contributed by atoms with Crippen LogP contribution in [-0.4, -0.2) is 29.2 Å². The third-order valence-electron chi connectivity index (χ3n) is 3.66. The van der Waals surface area contributed by atoms with E-state index in [2.05, 4.69) is 65.6 Å². The van der Waals surface area contributed by atoms with Gasteiger partial charge in [-0.05, 0) is 31.9 Å². The molecule has 0 fully saturated rings. The van der Waals surface area contributed by atoms with Crippen molar-refractivity contribution in [2.45, 2.75) is 59.4 Å². The fourth-order valence-electron chi connectivity index (χ4n) is 2.25. The van der Waals surface area contributed by atoms with Crippen molar-refractivity contribution >= 4 is 17.3 Å². The highest BCUT2D eigenvalue weighted by Gasteiger charge is 2.09. The first kappa shape index (κ1) is 19.4. The molecule has 2 aromatic rings. The quantitative estimate of drug-likeness (QED) is 0.405. The number of aromatic nitrogens is 2. The van der Waals surface area contributed by atoms with Gasteiger partial charge in [0.1, 0.15) is 0 Å². The second-order valence-electron chi connectivity index (χ2n) is 6.15. The third-order valence-corrected chi connectivity index (χ3v) is 4.88. The summed E-state index contributed by atoms with van der Waals surface area (Å²) >= 11 is 1.83. The molecular weight excluding hydrogens is 334 g/mol. The molecule has 0 saturated carbocycles. The van der Waals surface area contributed by atoms with E-state index in [9.17, 15) is 0 Å². The maximum Gasteiger partial charge on any atom is 0.226 e. The SMILES string of the molecule is CCNC(=NCc1ccc(CC)s1)NCCCc1nc(C(C)C)no1. The molecule has 0 unspecified atom stereocenters. The number of aryl methyl sites for hydroxylation is 2. The Morgan fingerprint density at radius 2 is 2.04 bits per heavy atom. The van der Waals surface area contributed by atoms with E-state index in [1.807, 2.05) is 11.3 Å². The molecule has 0 aromatic carbocycles. The van der Waals surface area contributed by atoms with Crippen molar-refractivity contribution in [3.63, 3.8) is 0 Å². The van der Waals surface area contributed by atoms with Crippen LogP contribution in [0, 0.1) is 0 Å². The van der Waals surface area contributed by atoms with Gasteiger partial charge in [-0.1, -0.05) is 25.9 Å². The predicted molar refractivity (Wildman–Crippen MR) is 103 cm³/mol. The average Bonchev–Trinajstić information content (AvgIpc) is 3.25. The van der Waals surface area contributed by atoms with Gasteiger partial charge in [0.15, 0.2) is 11.8 Å². The number of hydrogen-bond donors (Lipinski definition) is 2. The van der Waals surface area contributed by atoms with E-state index in [1.54, 1.807) is 0 Å². The lowest BCUT2D eigenvalue weighted by Gasteiger charge is -2.10. The van der Waals surface area contributed by atoms with Crippen molar-refractivity contribution in [2.75, 3.05) is 13.1 Å². The summed E-state index contributed by atoms with van der Waals surface area (Å²) in [6, 6.07) is 4.35. The van der Waals surface area contributed by atoms with Crippen LogP contribution in [0.4, 0.5) is 0 Å². The second kappa shape index (κ2) is 10.2. The first-order chi connectivity index (χ1) is 12.1. The van der Waals surface area contributed by atoms with Gasteiger partial charge in [0.25, 0.3) is 0 Å². The zero-order chi connectivity index (χ0) is 18.1. The van der Waals surface area contributed by atoms with E-state index in [-0.39, 0.29) is 0 Å². The topological polar surface area (TPSA) is 75.3 Å². The van der Waals surface area contributed by atoms with Crippen molar-refractivity contribution < 1.29 is 4.52 Å². The highest BCUT2D eigenvalue weighted by molar-refractivity contribution is 7.11. The molecule has 2 heterocycles. The Morgan fingerprint density at radius 3 is 2.68 bits per heavy atom. The molecule has 6 nitrogen and oxygen atoms in total. The molecule has 0 aliphatic carbocycles. The first-order valence-corrected chi connectivity index (χ1v) is 9.86. The van der Waals surface area contributed by atoms with Gasteiger partial charge in [0, 0.05) is 35.2 Å². The van der Waals surface area contributed by atoms with Crippen LogP contribution in [0.5, 0.6) is 0 Å². The number of hydrogen-bond acceptors (Lipinski definition) is 5. The zero-order valence-corrected chi connectivity index (χ0v) is 16.4. The van der Waals surface area contributed by atoms with Crippen LogP contribution in [0.3, 0.4) is 0 Å². The number of thiophene rings is 1. The first-order valence-electron chi connectivity index (χ1n) is 9.04. The standard InChI is InChI=1S/C18H29N5OS/c1-5-14-9-10-15(25-14)12-21-18(19-6-2)20-11-7-8-16-22-17(13(3)4)23-24-16/h9-10,13H,5-8,11-12H2,1-4H3,(H2,19,20,21). The Bertz CT molecular complexity index is 662. The Balaban J connectivity index is 1.77.